The van der Waals surface area contributed by atoms with Crippen molar-refractivity contribution in [2.24, 2.45) is 0 Å². The highest BCUT2D eigenvalue weighted by Gasteiger charge is 2.39. The summed E-state index contributed by atoms with van der Waals surface area (Å²) < 4.78 is 25.1. The number of rotatable bonds is 5. The van der Waals surface area contributed by atoms with Gasteiger partial charge in [-0.3, -0.25) is 4.79 Å². The Kier molecular flexibility index (Phi) is 4.13. The lowest BCUT2D eigenvalue weighted by Gasteiger charge is -2.30. The Bertz CT molecular complexity index is 522. The van der Waals surface area contributed by atoms with Crippen LogP contribution in [0.4, 0.5) is 0 Å². The van der Waals surface area contributed by atoms with Gasteiger partial charge in [0.25, 0.3) is 0 Å². The van der Waals surface area contributed by atoms with E-state index in [0.717, 1.165) is 4.31 Å². The zero-order valence-electron chi connectivity index (χ0n) is 10.6. The van der Waals surface area contributed by atoms with Crippen LogP contribution in [0.5, 0.6) is 0 Å². The van der Waals surface area contributed by atoms with Gasteiger partial charge >= 0.3 is 5.97 Å². The van der Waals surface area contributed by atoms with E-state index in [9.17, 15) is 13.2 Å². The van der Waals surface area contributed by atoms with E-state index in [1.807, 2.05) is 0 Å². The van der Waals surface area contributed by atoms with Gasteiger partial charge in [0, 0.05) is 7.05 Å². The van der Waals surface area contributed by atoms with Crippen molar-refractivity contribution in [3.05, 3.63) is 35.9 Å². The van der Waals surface area contributed by atoms with Crippen molar-refractivity contribution in [2.75, 3.05) is 7.05 Å². The van der Waals surface area contributed by atoms with Crippen molar-refractivity contribution in [1.29, 1.82) is 0 Å². The summed E-state index contributed by atoms with van der Waals surface area (Å²) in [5, 5.41) is 9.03. The normalized spacial score (nSPS) is 12.7. The summed E-state index contributed by atoms with van der Waals surface area (Å²) in [6.07, 6.45) is 0. The molecule has 0 bridgehead atoms. The highest BCUT2D eigenvalue weighted by molar-refractivity contribution is 7.88. The van der Waals surface area contributed by atoms with E-state index in [1.54, 1.807) is 30.3 Å². The summed E-state index contributed by atoms with van der Waals surface area (Å²) in [4.78, 5) is 11.1. The fraction of sp³-hybridized carbons (Fsp3) is 0.417. The second kappa shape index (κ2) is 5.07. The molecule has 100 valence electrons. The van der Waals surface area contributed by atoms with Crippen LogP contribution < -0.4 is 0 Å². The average Bonchev–Trinajstić information content (AvgIpc) is 2.28. The highest BCUT2D eigenvalue weighted by Crippen LogP contribution is 2.19. The lowest BCUT2D eigenvalue weighted by Crippen LogP contribution is -2.50. The number of aliphatic carboxylic acids is 1. The monoisotopic (exact) mass is 271 g/mol. The van der Waals surface area contributed by atoms with Crippen LogP contribution in [-0.4, -0.2) is 36.4 Å². The predicted molar refractivity (Wildman–Crippen MR) is 68.5 cm³/mol. The van der Waals surface area contributed by atoms with Crippen molar-refractivity contribution < 1.29 is 18.3 Å². The van der Waals surface area contributed by atoms with Crippen molar-refractivity contribution >= 4 is 16.0 Å². The van der Waals surface area contributed by atoms with Gasteiger partial charge in [-0.15, -0.1) is 0 Å². The van der Waals surface area contributed by atoms with E-state index in [2.05, 4.69) is 0 Å². The van der Waals surface area contributed by atoms with Crippen LogP contribution in [0.1, 0.15) is 19.4 Å². The van der Waals surface area contributed by atoms with Gasteiger partial charge in [-0.1, -0.05) is 30.3 Å². The number of carbonyl (C=O) groups is 1. The van der Waals surface area contributed by atoms with Crippen LogP contribution >= 0.6 is 0 Å². The van der Waals surface area contributed by atoms with Crippen LogP contribution in [0, 0.1) is 0 Å². The van der Waals surface area contributed by atoms with Gasteiger partial charge in [0.1, 0.15) is 5.54 Å². The molecule has 18 heavy (non-hydrogen) atoms. The minimum Gasteiger partial charge on any atom is -0.480 e. The van der Waals surface area contributed by atoms with E-state index < -0.39 is 21.5 Å². The fourth-order valence-corrected chi connectivity index (χ4v) is 2.94. The summed E-state index contributed by atoms with van der Waals surface area (Å²) in [5.74, 6) is -1.39. The Hall–Kier alpha value is -1.40. The smallest absolute Gasteiger partial charge is 0.324 e. The highest BCUT2D eigenvalue weighted by atomic mass is 32.2. The lowest BCUT2D eigenvalue weighted by molar-refractivity contribution is -0.145. The molecule has 0 spiro atoms. The number of hydrogen-bond donors (Lipinski definition) is 1. The van der Waals surface area contributed by atoms with Gasteiger partial charge in [-0.05, 0) is 19.4 Å². The molecule has 0 unspecified atom stereocenters. The number of carboxylic acids is 1. The lowest BCUT2D eigenvalue weighted by atomic mass is 10.1. The second-order valence-electron chi connectivity index (χ2n) is 4.57. The van der Waals surface area contributed by atoms with Crippen LogP contribution in [0.3, 0.4) is 0 Å². The molecule has 0 aliphatic carbocycles. The van der Waals surface area contributed by atoms with Crippen molar-refractivity contribution in [1.82, 2.24) is 4.31 Å². The Balaban J connectivity index is 2.98. The van der Waals surface area contributed by atoms with E-state index >= 15 is 0 Å². The van der Waals surface area contributed by atoms with Crippen LogP contribution in [0.25, 0.3) is 0 Å². The first-order valence-electron chi connectivity index (χ1n) is 5.42. The molecule has 1 aromatic carbocycles. The van der Waals surface area contributed by atoms with Crippen LogP contribution in [-0.2, 0) is 20.6 Å². The van der Waals surface area contributed by atoms with Gasteiger partial charge < -0.3 is 5.11 Å². The second-order valence-corrected chi connectivity index (χ2v) is 6.57. The summed E-state index contributed by atoms with van der Waals surface area (Å²) in [7, 11) is -2.38. The molecule has 0 atom stereocenters. The third-order valence-corrected chi connectivity index (χ3v) is 4.91. The van der Waals surface area contributed by atoms with Crippen molar-refractivity contribution in [3.8, 4) is 0 Å². The molecule has 0 fully saturated rings. The number of hydrogen-bond acceptors (Lipinski definition) is 3. The Morgan fingerprint density at radius 2 is 1.78 bits per heavy atom. The Morgan fingerprint density at radius 1 is 1.28 bits per heavy atom. The molecule has 0 amide bonds. The maximum atomic E-state index is 12.1. The number of benzene rings is 1. The van der Waals surface area contributed by atoms with Gasteiger partial charge in [0.2, 0.25) is 10.0 Å². The molecule has 0 saturated carbocycles. The van der Waals surface area contributed by atoms with Gasteiger partial charge in [-0.2, -0.15) is 4.31 Å². The molecule has 1 N–H and O–H groups in total. The molecule has 5 nitrogen and oxygen atoms in total. The molecule has 0 saturated heterocycles. The number of nitrogens with zero attached hydrogens (tertiary/aromatic N) is 1. The first-order chi connectivity index (χ1) is 8.18. The molecule has 1 rings (SSSR count). The molecule has 1 aromatic rings. The van der Waals surface area contributed by atoms with Crippen molar-refractivity contribution in [3.63, 3.8) is 0 Å². The fourth-order valence-electron chi connectivity index (χ4n) is 1.36. The van der Waals surface area contributed by atoms with Gasteiger partial charge in [0.05, 0.1) is 5.75 Å². The third-order valence-electron chi connectivity index (χ3n) is 2.92. The third kappa shape index (κ3) is 3.08. The number of likely N-dealkylation sites (N-methyl/N-ethyl adjacent to an activating group) is 1. The average molecular weight is 271 g/mol. The first kappa shape index (κ1) is 14.7. The zero-order valence-corrected chi connectivity index (χ0v) is 11.4. The van der Waals surface area contributed by atoms with E-state index in [0.29, 0.717) is 5.56 Å². The molecule has 0 heterocycles. The Labute approximate surface area is 107 Å². The van der Waals surface area contributed by atoms with Crippen molar-refractivity contribution in [2.45, 2.75) is 25.1 Å². The minimum atomic E-state index is -3.66. The maximum Gasteiger partial charge on any atom is 0.324 e. The maximum absolute atomic E-state index is 12.1. The predicted octanol–water partition coefficient (Wildman–Crippen LogP) is 1.31. The van der Waals surface area contributed by atoms with Gasteiger partial charge in [0.15, 0.2) is 0 Å². The molecule has 0 aliphatic rings. The van der Waals surface area contributed by atoms with Crippen LogP contribution in [0.2, 0.25) is 0 Å². The molecule has 0 radical (unpaired) electrons. The zero-order chi connectivity index (χ0) is 14.0. The summed E-state index contributed by atoms with van der Waals surface area (Å²) in [5.41, 5.74) is -0.835. The van der Waals surface area contributed by atoms with E-state index in [4.69, 9.17) is 5.11 Å². The van der Waals surface area contributed by atoms with Crippen LogP contribution in [0.15, 0.2) is 30.3 Å². The first-order valence-corrected chi connectivity index (χ1v) is 7.03. The molecular weight excluding hydrogens is 254 g/mol. The van der Waals surface area contributed by atoms with E-state index in [1.165, 1.54) is 20.9 Å². The largest absolute Gasteiger partial charge is 0.480 e. The van der Waals surface area contributed by atoms with Gasteiger partial charge in [-0.25, -0.2) is 8.42 Å². The number of carboxylic acid groups (broad SMARTS) is 1. The molecule has 0 aliphatic heterocycles. The molecule has 6 heteroatoms. The quantitative estimate of drug-likeness (QED) is 0.876. The topological polar surface area (TPSA) is 74.7 Å². The summed E-state index contributed by atoms with van der Waals surface area (Å²) in [6, 6.07) is 8.67. The Morgan fingerprint density at radius 3 is 2.22 bits per heavy atom. The standard InChI is InChI=1S/C12H17NO4S/c1-12(2,11(14)15)13(3)18(16,17)9-10-7-5-4-6-8-10/h4-8H,9H2,1-3H3,(H,14,15). The minimum absolute atomic E-state index is 0.207. The summed E-state index contributed by atoms with van der Waals surface area (Å²) >= 11 is 0. The number of sulfonamides is 1. The molecule has 0 aromatic heterocycles. The summed E-state index contributed by atoms with van der Waals surface area (Å²) in [6.45, 7) is 2.72. The molecular formula is C12H17NO4S. The SMILES string of the molecule is CN(C(C)(C)C(=O)O)S(=O)(=O)Cc1ccccc1. The van der Waals surface area contributed by atoms with E-state index in [-0.39, 0.29) is 5.75 Å².